The quantitative estimate of drug-likeness (QED) is 0.121. The zero-order valence-corrected chi connectivity index (χ0v) is 22.7. The molecule has 0 aromatic heterocycles. The van der Waals surface area contributed by atoms with Gasteiger partial charge in [0.05, 0.1) is 23.3 Å². The molecule has 0 atom stereocenters. The number of esters is 2. The van der Waals surface area contributed by atoms with Crippen molar-refractivity contribution in [1.82, 2.24) is 0 Å². The minimum Gasteiger partial charge on any atom is -0.508 e. The third-order valence-corrected chi connectivity index (χ3v) is 6.95. The van der Waals surface area contributed by atoms with Crippen LogP contribution in [-0.2, 0) is 0 Å². The maximum Gasteiger partial charge on any atom is 0.343 e. The lowest BCUT2D eigenvalue weighted by molar-refractivity contribution is 0.0724. The molecule has 0 amide bonds. The van der Waals surface area contributed by atoms with E-state index in [1.54, 1.807) is 84.9 Å². The first kappa shape index (κ1) is 27.4. The van der Waals surface area contributed by atoms with Crippen molar-refractivity contribution in [2.24, 2.45) is 0 Å². The molecule has 6 aromatic rings. The Kier molecular flexibility index (Phi) is 7.43. The van der Waals surface area contributed by atoms with E-state index in [4.69, 9.17) is 19.3 Å². The van der Waals surface area contributed by atoms with Gasteiger partial charge in [0.1, 0.15) is 29.6 Å². The highest BCUT2D eigenvalue weighted by atomic mass is 16.5. The molecule has 0 aliphatic heterocycles. The van der Waals surface area contributed by atoms with Crippen LogP contribution in [0.2, 0.25) is 0 Å². The Morgan fingerprint density at radius 1 is 0.605 bits per heavy atom. The second-order valence-electron chi connectivity index (χ2n) is 9.84. The maximum absolute atomic E-state index is 12.9. The van der Waals surface area contributed by atoms with Crippen molar-refractivity contribution in [3.05, 3.63) is 120 Å². The van der Waals surface area contributed by atoms with Crippen molar-refractivity contribution in [2.45, 2.75) is 0 Å². The van der Waals surface area contributed by atoms with Gasteiger partial charge in [0.2, 0.25) is 0 Å². The number of hydrogen-bond acceptors (Lipinski definition) is 8. The summed E-state index contributed by atoms with van der Waals surface area (Å²) in [4.78, 5) is 37.8. The van der Waals surface area contributed by atoms with Crippen molar-refractivity contribution < 1.29 is 38.8 Å². The number of aromatic hydroxyl groups is 1. The van der Waals surface area contributed by atoms with E-state index in [1.807, 2.05) is 12.1 Å². The number of fused-ring (bicyclic) bond motifs is 3. The standard InChI is InChI=1S/C35H24O8/c36-11-12-41-31-9-6-22-14-26(4-2-24(22)17-31)34(39)42-32-10-7-25-19-33(29(20-37)15-28(25)18-32)43-35(40)27-3-1-23-16-30(38)8-5-21(23)13-27/h1-10,13-20,36,38H,11-12H2. The maximum atomic E-state index is 12.9. The number of phenols is 1. The fourth-order valence-corrected chi connectivity index (χ4v) is 4.81. The van der Waals surface area contributed by atoms with Crippen molar-refractivity contribution in [2.75, 3.05) is 13.2 Å². The summed E-state index contributed by atoms with van der Waals surface area (Å²) >= 11 is 0. The monoisotopic (exact) mass is 572 g/mol. The molecule has 0 aliphatic carbocycles. The molecule has 0 saturated heterocycles. The van der Waals surface area contributed by atoms with Crippen LogP contribution in [0.3, 0.4) is 0 Å². The van der Waals surface area contributed by atoms with Gasteiger partial charge in [0.15, 0.2) is 6.29 Å². The van der Waals surface area contributed by atoms with Crippen LogP contribution in [0.1, 0.15) is 31.1 Å². The van der Waals surface area contributed by atoms with Gasteiger partial charge >= 0.3 is 11.9 Å². The normalized spacial score (nSPS) is 11.0. The van der Waals surface area contributed by atoms with Gasteiger partial charge in [0.25, 0.3) is 0 Å². The van der Waals surface area contributed by atoms with Crippen molar-refractivity contribution in [1.29, 1.82) is 0 Å². The minimum absolute atomic E-state index is 0.0808. The second kappa shape index (κ2) is 11.6. The number of aldehydes is 1. The van der Waals surface area contributed by atoms with Gasteiger partial charge in [-0.15, -0.1) is 0 Å². The molecule has 0 bridgehead atoms. The Hall–Kier alpha value is -5.73. The first-order valence-electron chi connectivity index (χ1n) is 13.4. The highest BCUT2D eigenvalue weighted by molar-refractivity contribution is 6.00. The Morgan fingerprint density at radius 3 is 1.86 bits per heavy atom. The molecule has 0 radical (unpaired) electrons. The van der Waals surface area contributed by atoms with Gasteiger partial charge in [0, 0.05) is 0 Å². The molecule has 0 heterocycles. The molecule has 0 saturated carbocycles. The summed E-state index contributed by atoms with van der Waals surface area (Å²) in [5, 5.41) is 23.1. The zero-order valence-electron chi connectivity index (χ0n) is 22.7. The first-order valence-corrected chi connectivity index (χ1v) is 13.4. The largest absolute Gasteiger partial charge is 0.508 e. The highest BCUT2D eigenvalue weighted by Gasteiger charge is 2.15. The topological polar surface area (TPSA) is 119 Å². The molecule has 6 rings (SSSR count). The van der Waals surface area contributed by atoms with Crippen molar-refractivity contribution in [3.63, 3.8) is 0 Å². The third kappa shape index (κ3) is 5.86. The molecule has 2 N–H and O–H groups in total. The van der Waals surface area contributed by atoms with Gasteiger partial charge in [-0.1, -0.05) is 30.3 Å². The van der Waals surface area contributed by atoms with E-state index in [1.165, 1.54) is 6.07 Å². The fourth-order valence-electron chi connectivity index (χ4n) is 4.81. The smallest absolute Gasteiger partial charge is 0.343 e. The summed E-state index contributed by atoms with van der Waals surface area (Å²) in [6.45, 7) is 0.115. The van der Waals surface area contributed by atoms with E-state index in [0.717, 1.165) is 21.5 Å². The molecule has 8 nitrogen and oxygen atoms in total. The first-order chi connectivity index (χ1) is 20.9. The second-order valence-corrected chi connectivity index (χ2v) is 9.84. The zero-order chi connectivity index (χ0) is 29.9. The van der Waals surface area contributed by atoms with Crippen LogP contribution in [-0.4, -0.2) is 41.7 Å². The number of carbonyl (C=O) groups is 3. The Bertz CT molecular complexity index is 2050. The van der Waals surface area contributed by atoms with Gasteiger partial charge in [-0.05, 0) is 105 Å². The van der Waals surface area contributed by atoms with E-state index < -0.39 is 11.9 Å². The van der Waals surface area contributed by atoms with E-state index in [9.17, 15) is 19.5 Å². The molecular weight excluding hydrogens is 548 g/mol. The summed E-state index contributed by atoms with van der Waals surface area (Å²) in [5.74, 6) is -0.0442. The van der Waals surface area contributed by atoms with Gasteiger partial charge in [-0.25, -0.2) is 9.59 Å². The molecule has 0 aliphatic rings. The van der Waals surface area contributed by atoms with E-state index >= 15 is 0 Å². The lowest BCUT2D eigenvalue weighted by Crippen LogP contribution is -2.10. The van der Waals surface area contributed by atoms with Crippen molar-refractivity contribution >= 4 is 50.5 Å². The summed E-state index contributed by atoms with van der Waals surface area (Å²) in [6, 6.07) is 28.5. The van der Waals surface area contributed by atoms with Crippen LogP contribution in [0.25, 0.3) is 32.3 Å². The number of ether oxygens (including phenoxy) is 3. The number of hydrogen-bond donors (Lipinski definition) is 2. The predicted molar refractivity (Wildman–Crippen MR) is 161 cm³/mol. The molecule has 0 spiro atoms. The van der Waals surface area contributed by atoms with Crippen LogP contribution >= 0.6 is 0 Å². The fraction of sp³-hybridized carbons (Fsp3) is 0.0571. The molecular formula is C35H24O8. The van der Waals surface area contributed by atoms with Crippen LogP contribution < -0.4 is 14.2 Å². The number of carbonyl (C=O) groups excluding carboxylic acids is 3. The lowest BCUT2D eigenvalue weighted by atomic mass is 10.1. The van der Waals surface area contributed by atoms with Crippen LogP contribution in [0, 0.1) is 0 Å². The van der Waals surface area contributed by atoms with E-state index in [-0.39, 0.29) is 36.0 Å². The summed E-state index contributed by atoms with van der Waals surface area (Å²) in [7, 11) is 0. The Balaban J connectivity index is 1.20. The summed E-state index contributed by atoms with van der Waals surface area (Å²) < 4.78 is 16.7. The van der Waals surface area contributed by atoms with Crippen LogP contribution in [0.15, 0.2) is 103 Å². The summed E-state index contributed by atoms with van der Waals surface area (Å²) in [6.07, 6.45) is 0.596. The van der Waals surface area contributed by atoms with E-state index in [0.29, 0.717) is 33.9 Å². The van der Waals surface area contributed by atoms with Gasteiger partial charge < -0.3 is 24.4 Å². The lowest BCUT2D eigenvalue weighted by Gasteiger charge is -2.11. The molecule has 0 unspecified atom stereocenters. The number of benzene rings is 6. The van der Waals surface area contributed by atoms with E-state index in [2.05, 4.69) is 0 Å². The SMILES string of the molecule is O=Cc1cc2cc(OC(=O)c3ccc4cc(OCCO)ccc4c3)ccc2cc1OC(=O)c1ccc2cc(O)ccc2c1. The number of aliphatic hydroxyl groups is 1. The highest BCUT2D eigenvalue weighted by Crippen LogP contribution is 2.30. The van der Waals surface area contributed by atoms with Crippen molar-refractivity contribution in [3.8, 4) is 23.0 Å². The third-order valence-electron chi connectivity index (χ3n) is 6.95. The number of rotatable bonds is 8. The minimum atomic E-state index is -0.632. The Morgan fingerprint density at radius 2 is 1.16 bits per heavy atom. The molecule has 8 heteroatoms. The van der Waals surface area contributed by atoms with Crippen LogP contribution in [0.5, 0.6) is 23.0 Å². The number of phenolic OH excluding ortho intramolecular Hbond substituents is 1. The molecule has 212 valence electrons. The average molecular weight is 573 g/mol. The predicted octanol–water partition coefficient (Wildman–Crippen LogP) is 6.47. The molecule has 0 fully saturated rings. The van der Waals surface area contributed by atoms with Gasteiger partial charge in [-0.3, -0.25) is 4.79 Å². The molecule has 43 heavy (non-hydrogen) atoms. The van der Waals surface area contributed by atoms with Gasteiger partial charge in [-0.2, -0.15) is 0 Å². The summed E-state index contributed by atoms with van der Waals surface area (Å²) in [5.41, 5.74) is 0.811. The van der Waals surface area contributed by atoms with Crippen LogP contribution in [0.4, 0.5) is 0 Å². The molecule has 6 aromatic carbocycles. The number of aliphatic hydroxyl groups excluding tert-OH is 1. The average Bonchev–Trinajstić information content (AvgIpc) is 3.02. The Labute approximate surface area is 245 Å².